The maximum atomic E-state index is 12.0. The molecule has 2 aliphatic rings. The molecule has 2 aliphatic heterocycles. The molecule has 2 fully saturated rings. The molecular weight excluding hydrogens is 722 g/mol. The SMILES string of the molecule is CCN=C=NCCCN(C)C.Cl.O=C1CCC(=O)N1C(CSSCC(C(=O)O)(N1C(=O)CCC1=O)S(=O)(=O)O)(C(=O)O)S(=O)(=O)O. The largest absolute Gasteiger partial charge is 0.479 e. The Hall–Kier alpha value is -2.63. The van der Waals surface area contributed by atoms with Gasteiger partial charge in [0.15, 0.2) is 0 Å². The number of imide groups is 2. The van der Waals surface area contributed by atoms with Crippen molar-refractivity contribution in [1.29, 1.82) is 0 Å². The summed E-state index contributed by atoms with van der Waals surface area (Å²) in [4.78, 5) is 74.4. The molecule has 0 aromatic carbocycles. The Morgan fingerprint density at radius 3 is 1.41 bits per heavy atom. The number of carbonyl (C=O) groups excluding carboxylic acids is 4. The lowest BCUT2D eigenvalue weighted by Gasteiger charge is -2.34. The maximum absolute atomic E-state index is 12.0. The van der Waals surface area contributed by atoms with Crippen LogP contribution >= 0.6 is 34.0 Å². The number of nitrogens with zero attached hydrogens (tertiary/aromatic N) is 5. The highest BCUT2D eigenvalue weighted by atomic mass is 35.5. The number of amides is 4. The van der Waals surface area contributed by atoms with Gasteiger partial charge in [-0.2, -0.15) is 16.8 Å². The van der Waals surface area contributed by atoms with Gasteiger partial charge in [-0.3, -0.25) is 28.3 Å². The summed E-state index contributed by atoms with van der Waals surface area (Å²) in [5.74, 6) is -12.2. The topological polar surface area (TPSA) is 286 Å². The smallest absolute Gasteiger partial charge is 0.349 e. The van der Waals surface area contributed by atoms with Crippen LogP contribution in [0.15, 0.2) is 9.98 Å². The third kappa shape index (κ3) is 9.94. The maximum Gasteiger partial charge on any atom is 0.349 e. The molecule has 0 aromatic rings. The summed E-state index contributed by atoms with van der Waals surface area (Å²) < 4.78 is 67.2. The van der Waals surface area contributed by atoms with Gasteiger partial charge in [0.2, 0.25) is 23.6 Å². The Labute approximate surface area is 278 Å². The van der Waals surface area contributed by atoms with Crippen LogP contribution in [0.3, 0.4) is 0 Å². The van der Waals surface area contributed by atoms with Crippen molar-refractivity contribution in [1.82, 2.24) is 14.7 Å². The Morgan fingerprint density at radius 2 is 1.15 bits per heavy atom. The highest BCUT2D eigenvalue weighted by Crippen LogP contribution is 2.40. The molecule has 2 rings (SSSR count). The molecule has 4 amide bonds. The molecule has 0 spiro atoms. The molecule has 2 atom stereocenters. The Morgan fingerprint density at radius 1 is 0.804 bits per heavy atom. The molecule has 2 heterocycles. The summed E-state index contributed by atoms with van der Waals surface area (Å²) in [6, 6.07) is 2.64. The van der Waals surface area contributed by atoms with Gasteiger partial charge in [-0.15, -0.1) is 12.4 Å². The van der Waals surface area contributed by atoms with Crippen molar-refractivity contribution in [2.75, 3.05) is 45.2 Å². The van der Waals surface area contributed by atoms with E-state index in [0.717, 1.165) is 26.1 Å². The first-order valence-corrected chi connectivity index (χ1v) is 18.2. The van der Waals surface area contributed by atoms with E-state index in [0.29, 0.717) is 0 Å². The number of hydrogen-bond donors (Lipinski definition) is 4. The van der Waals surface area contributed by atoms with Crippen LogP contribution in [0.5, 0.6) is 0 Å². The van der Waals surface area contributed by atoms with Crippen LogP contribution in [0.2, 0.25) is 0 Å². The first-order chi connectivity index (χ1) is 20.7. The number of aliphatic carboxylic acids is 2. The van der Waals surface area contributed by atoms with Crippen LogP contribution in [0.25, 0.3) is 0 Å². The number of halogens is 1. The minimum absolute atomic E-state index is 0. The van der Waals surface area contributed by atoms with Crippen molar-refractivity contribution >= 4 is 95.8 Å². The third-order valence-corrected chi connectivity index (χ3v) is 11.6. The number of aliphatic imine (C=N–C) groups is 2. The zero-order valence-electron chi connectivity index (χ0n) is 24.7. The van der Waals surface area contributed by atoms with Gasteiger partial charge < -0.3 is 15.1 Å². The minimum Gasteiger partial charge on any atom is -0.479 e. The standard InChI is InChI=1S/C14H16N2O14S4.C8H17N3.ClH/c17-7-1-2-8(18)15(7)13(11(21)22,33(25,26)27)5-31-32-6-14(12(23)24,34(28,29)30)16-9(19)3-4-10(16)20;1-4-9-8-10-6-5-7-11(2)3;/h1-6H2,(H,21,22)(H,23,24)(H,25,26,27)(H,28,29,30);4-7H2,1-3H3;1H. The predicted octanol–water partition coefficient (Wildman–Crippen LogP) is -0.443. The highest BCUT2D eigenvalue weighted by molar-refractivity contribution is 8.76. The summed E-state index contributed by atoms with van der Waals surface area (Å²) in [5.41, 5.74) is 0. The second kappa shape index (κ2) is 18.1. The molecule has 262 valence electrons. The van der Waals surface area contributed by atoms with E-state index in [4.69, 9.17) is 0 Å². The summed E-state index contributed by atoms with van der Waals surface area (Å²) >= 11 is 0. The normalized spacial score (nSPS) is 17.8. The molecule has 46 heavy (non-hydrogen) atoms. The number of carboxylic acids is 2. The van der Waals surface area contributed by atoms with E-state index in [1.807, 2.05) is 6.92 Å². The fourth-order valence-corrected chi connectivity index (χ4v) is 9.70. The lowest BCUT2D eigenvalue weighted by atomic mass is 10.3. The molecule has 2 unspecified atom stereocenters. The molecule has 2 saturated heterocycles. The monoisotopic (exact) mass is 755 g/mol. The third-order valence-electron chi connectivity index (χ3n) is 6.11. The van der Waals surface area contributed by atoms with Gasteiger partial charge in [0.1, 0.15) is 0 Å². The van der Waals surface area contributed by atoms with Crippen molar-refractivity contribution in [2.45, 2.75) is 48.8 Å². The van der Waals surface area contributed by atoms with Gasteiger partial charge in [0, 0.05) is 32.2 Å². The predicted molar refractivity (Wildman–Crippen MR) is 167 cm³/mol. The zero-order valence-corrected chi connectivity index (χ0v) is 28.8. The van der Waals surface area contributed by atoms with E-state index >= 15 is 0 Å². The number of likely N-dealkylation sites (tertiary alicyclic amines) is 2. The second-order valence-electron chi connectivity index (χ2n) is 9.51. The summed E-state index contributed by atoms with van der Waals surface area (Å²) in [7, 11) is -7.14. The van der Waals surface area contributed by atoms with Gasteiger partial charge in [0.05, 0.1) is 24.1 Å². The van der Waals surface area contributed by atoms with E-state index in [-0.39, 0.29) is 43.8 Å². The molecule has 0 bridgehead atoms. The van der Waals surface area contributed by atoms with E-state index < -0.39 is 103 Å². The number of rotatable bonds is 16. The van der Waals surface area contributed by atoms with Gasteiger partial charge in [-0.1, -0.05) is 21.6 Å². The molecule has 19 nitrogen and oxygen atoms in total. The zero-order chi connectivity index (χ0) is 34.8. The van der Waals surface area contributed by atoms with Gasteiger partial charge in [-0.25, -0.2) is 29.4 Å². The highest BCUT2D eigenvalue weighted by Gasteiger charge is 2.63. The average Bonchev–Trinajstić information content (AvgIpc) is 3.42. The van der Waals surface area contributed by atoms with Crippen molar-refractivity contribution in [2.24, 2.45) is 9.98 Å². The van der Waals surface area contributed by atoms with E-state index in [9.17, 15) is 64.9 Å². The fraction of sp³-hybridized carbons (Fsp3) is 0.682. The van der Waals surface area contributed by atoms with E-state index in [2.05, 4.69) is 35.0 Å². The fourth-order valence-electron chi connectivity index (χ4n) is 3.88. The minimum atomic E-state index is -5.72. The van der Waals surface area contributed by atoms with Gasteiger partial charge in [-0.05, 0) is 34.0 Å². The van der Waals surface area contributed by atoms with Gasteiger partial charge in [0.25, 0.3) is 9.74 Å². The van der Waals surface area contributed by atoms with Crippen molar-refractivity contribution in [3.05, 3.63) is 0 Å². The van der Waals surface area contributed by atoms with Crippen LogP contribution in [0.1, 0.15) is 39.0 Å². The molecule has 0 aliphatic carbocycles. The van der Waals surface area contributed by atoms with Crippen LogP contribution in [-0.4, -0.2) is 147 Å². The van der Waals surface area contributed by atoms with Crippen LogP contribution in [-0.2, 0) is 49.0 Å². The summed E-state index contributed by atoms with van der Waals surface area (Å²) in [6.45, 7) is 4.67. The lowest BCUT2D eigenvalue weighted by Crippen LogP contribution is -2.64. The first kappa shape index (κ1) is 43.4. The number of carbonyl (C=O) groups is 6. The van der Waals surface area contributed by atoms with Crippen molar-refractivity contribution < 1.29 is 64.9 Å². The van der Waals surface area contributed by atoms with E-state index in [1.54, 1.807) is 0 Å². The van der Waals surface area contributed by atoms with Gasteiger partial charge >= 0.3 is 32.2 Å². The first-order valence-electron chi connectivity index (χ1n) is 12.8. The Bertz CT molecular complexity index is 1340. The van der Waals surface area contributed by atoms with Crippen LogP contribution in [0.4, 0.5) is 0 Å². The quantitative estimate of drug-likeness (QED) is 0.0510. The Balaban J connectivity index is 0.00000144. The van der Waals surface area contributed by atoms with Crippen LogP contribution in [0, 0.1) is 0 Å². The number of carboxylic acid groups (broad SMARTS) is 2. The molecule has 0 radical (unpaired) electrons. The van der Waals surface area contributed by atoms with Crippen LogP contribution < -0.4 is 0 Å². The molecule has 0 saturated carbocycles. The molecular formula is C22H34ClN5O14S4. The molecule has 4 N–H and O–H groups in total. The molecule has 0 aromatic heterocycles. The van der Waals surface area contributed by atoms with E-state index in [1.165, 1.54) is 0 Å². The number of hydrogen-bond acceptors (Lipinski definition) is 15. The average molecular weight is 756 g/mol. The second-order valence-corrected chi connectivity index (χ2v) is 15.2. The lowest BCUT2D eigenvalue weighted by molar-refractivity contribution is -0.156. The Kier molecular flexibility index (Phi) is 17.0. The summed E-state index contributed by atoms with van der Waals surface area (Å²) in [6.07, 6.45) is -1.12. The summed E-state index contributed by atoms with van der Waals surface area (Å²) in [5, 5.41) is 19.1. The van der Waals surface area contributed by atoms with Crippen molar-refractivity contribution in [3.63, 3.8) is 0 Å². The van der Waals surface area contributed by atoms with Crippen molar-refractivity contribution in [3.8, 4) is 0 Å². The molecule has 24 heteroatoms.